The lowest BCUT2D eigenvalue weighted by Gasteiger charge is -2.20. The molecule has 0 spiro atoms. The number of aromatic nitrogens is 4. The van der Waals surface area contributed by atoms with E-state index in [9.17, 15) is 9.59 Å². The molecule has 0 unspecified atom stereocenters. The first-order chi connectivity index (χ1) is 15.5. The number of carbonyl (C=O) groups excluding carboxylic acids is 2. The Morgan fingerprint density at radius 3 is 2.59 bits per heavy atom. The lowest BCUT2D eigenvalue weighted by atomic mass is 9.99. The standard InChI is InChI=1S/C23H28N6O3/c1-16-13-17(2)28(27-16)10-9-24-22(30)18-3-5-21(6-4-18)29-15-20(14-25-29)26-23(31)19-7-11-32-12-8-19/h3-6,13-15,19H,7-12H2,1-2H3,(H,24,30)(H,26,31). The van der Waals surface area contributed by atoms with Gasteiger partial charge in [0.05, 0.1) is 36.0 Å². The Bertz CT molecular complexity index is 1080. The van der Waals surface area contributed by atoms with Crippen LogP contribution < -0.4 is 10.6 Å². The van der Waals surface area contributed by atoms with Crippen molar-refractivity contribution in [3.8, 4) is 5.69 Å². The van der Waals surface area contributed by atoms with Crippen LogP contribution in [0.25, 0.3) is 5.69 Å². The van der Waals surface area contributed by atoms with E-state index in [1.807, 2.05) is 36.7 Å². The third-order valence-electron chi connectivity index (χ3n) is 5.55. The van der Waals surface area contributed by atoms with E-state index in [0.717, 1.165) is 29.9 Å². The molecule has 9 heteroatoms. The van der Waals surface area contributed by atoms with Crippen molar-refractivity contribution in [2.75, 3.05) is 25.1 Å². The quantitative estimate of drug-likeness (QED) is 0.592. The molecule has 1 aliphatic rings. The number of carbonyl (C=O) groups is 2. The molecule has 4 rings (SSSR count). The highest BCUT2D eigenvalue weighted by atomic mass is 16.5. The van der Waals surface area contributed by atoms with Crippen molar-refractivity contribution in [3.05, 3.63) is 59.7 Å². The first-order valence-corrected chi connectivity index (χ1v) is 10.8. The van der Waals surface area contributed by atoms with Gasteiger partial charge in [0.2, 0.25) is 5.91 Å². The molecule has 1 fully saturated rings. The monoisotopic (exact) mass is 436 g/mol. The highest BCUT2D eigenvalue weighted by Gasteiger charge is 2.22. The van der Waals surface area contributed by atoms with Crippen molar-refractivity contribution in [2.45, 2.75) is 33.2 Å². The Hall–Kier alpha value is -3.46. The molecule has 0 aliphatic carbocycles. The first kappa shape index (κ1) is 21.8. The molecule has 0 radical (unpaired) electrons. The van der Waals surface area contributed by atoms with E-state index in [1.165, 1.54) is 0 Å². The third-order valence-corrected chi connectivity index (χ3v) is 5.55. The highest BCUT2D eigenvalue weighted by Crippen LogP contribution is 2.18. The van der Waals surface area contributed by atoms with E-state index in [4.69, 9.17) is 4.74 Å². The van der Waals surface area contributed by atoms with Gasteiger partial charge in [-0.15, -0.1) is 0 Å². The molecule has 0 atom stereocenters. The van der Waals surface area contributed by atoms with Gasteiger partial charge in [-0.05, 0) is 57.0 Å². The third kappa shape index (κ3) is 5.23. The van der Waals surface area contributed by atoms with Crippen LogP contribution in [0, 0.1) is 19.8 Å². The molecule has 2 amide bonds. The largest absolute Gasteiger partial charge is 0.381 e. The van der Waals surface area contributed by atoms with Crippen molar-refractivity contribution in [2.24, 2.45) is 5.92 Å². The summed E-state index contributed by atoms with van der Waals surface area (Å²) in [7, 11) is 0. The summed E-state index contributed by atoms with van der Waals surface area (Å²) < 4.78 is 8.86. The second-order valence-corrected chi connectivity index (χ2v) is 8.00. The van der Waals surface area contributed by atoms with Gasteiger partial charge in [-0.1, -0.05) is 0 Å². The Labute approximate surface area is 186 Å². The van der Waals surface area contributed by atoms with Gasteiger partial charge in [-0.2, -0.15) is 10.2 Å². The van der Waals surface area contributed by atoms with Crippen LogP contribution in [0.3, 0.4) is 0 Å². The zero-order valence-electron chi connectivity index (χ0n) is 18.4. The maximum absolute atomic E-state index is 12.4. The molecule has 1 aliphatic heterocycles. The van der Waals surface area contributed by atoms with Crippen LogP contribution in [0.4, 0.5) is 5.69 Å². The SMILES string of the molecule is Cc1cc(C)n(CCNC(=O)c2ccc(-n3cc(NC(=O)C4CCOCC4)cn3)cc2)n1. The maximum atomic E-state index is 12.4. The predicted octanol–water partition coefficient (Wildman–Crippen LogP) is 2.48. The normalized spacial score (nSPS) is 14.3. The Kier molecular flexibility index (Phi) is 6.65. The minimum absolute atomic E-state index is 0.000310. The molecule has 3 aromatic rings. The van der Waals surface area contributed by atoms with Crippen molar-refractivity contribution in [3.63, 3.8) is 0 Å². The van der Waals surface area contributed by atoms with E-state index in [0.29, 0.717) is 37.6 Å². The molecule has 2 N–H and O–H groups in total. The zero-order valence-corrected chi connectivity index (χ0v) is 18.4. The van der Waals surface area contributed by atoms with E-state index in [-0.39, 0.29) is 17.7 Å². The molecule has 168 valence electrons. The number of benzene rings is 1. The maximum Gasteiger partial charge on any atom is 0.251 e. The summed E-state index contributed by atoms with van der Waals surface area (Å²) in [4.78, 5) is 24.8. The second-order valence-electron chi connectivity index (χ2n) is 8.00. The minimum atomic E-state index is -0.136. The number of nitrogens with zero attached hydrogens (tertiary/aromatic N) is 4. The van der Waals surface area contributed by atoms with Crippen LogP contribution in [0.15, 0.2) is 42.7 Å². The predicted molar refractivity (Wildman–Crippen MR) is 120 cm³/mol. The average molecular weight is 437 g/mol. The minimum Gasteiger partial charge on any atom is -0.381 e. The number of amides is 2. The zero-order chi connectivity index (χ0) is 22.5. The van der Waals surface area contributed by atoms with Gasteiger partial charge >= 0.3 is 0 Å². The van der Waals surface area contributed by atoms with Crippen molar-refractivity contribution < 1.29 is 14.3 Å². The van der Waals surface area contributed by atoms with Crippen LogP contribution >= 0.6 is 0 Å². The summed E-state index contributed by atoms with van der Waals surface area (Å²) >= 11 is 0. The number of hydrogen-bond acceptors (Lipinski definition) is 5. The van der Waals surface area contributed by atoms with Crippen molar-refractivity contribution in [1.82, 2.24) is 24.9 Å². The van der Waals surface area contributed by atoms with E-state index < -0.39 is 0 Å². The molecule has 9 nitrogen and oxygen atoms in total. The Balaban J connectivity index is 1.30. The summed E-state index contributed by atoms with van der Waals surface area (Å²) in [6, 6.07) is 9.18. The second kappa shape index (κ2) is 9.78. The van der Waals surface area contributed by atoms with Gasteiger partial charge in [-0.25, -0.2) is 4.68 Å². The molecular weight excluding hydrogens is 408 g/mol. The molecule has 32 heavy (non-hydrogen) atoms. The number of hydrogen-bond donors (Lipinski definition) is 2. The number of aryl methyl sites for hydroxylation is 2. The van der Waals surface area contributed by atoms with Crippen molar-refractivity contribution >= 4 is 17.5 Å². The first-order valence-electron chi connectivity index (χ1n) is 10.8. The van der Waals surface area contributed by atoms with E-state index in [2.05, 4.69) is 20.8 Å². The lowest BCUT2D eigenvalue weighted by Crippen LogP contribution is -2.28. The van der Waals surface area contributed by atoms with Crippen LogP contribution in [0.2, 0.25) is 0 Å². The summed E-state index contributed by atoms with van der Waals surface area (Å²) in [5, 5.41) is 14.6. The van der Waals surface area contributed by atoms with E-state index >= 15 is 0 Å². The van der Waals surface area contributed by atoms with Gasteiger partial charge in [0, 0.05) is 36.9 Å². The molecule has 0 saturated carbocycles. The molecule has 1 aromatic carbocycles. The summed E-state index contributed by atoms with van der Waals surface area (Å²) in [6.45, 7) is 6.32. The number of nitrogens with one attached hydrogen (secondary N) is 2. The van der Waals surface area contributed by atoms with Gasteiger partial charge < -0.3 is 15.4 Å². The van der Waals surface area contributed by atoms with Gasteiger partial charge in [0.15, 0.2) is 0 Å². The van der Waals surface area contributed by atoms with Crippen LogP contribution in [0.1, 0.15) is 34.6 Å². The fraction of sp³-hybridized carbons (Fsp3) is 0.391. The molecule has 0 bridgehead atoms. The Morgan fingerprint density at radius 1 is 1.16 bits per heavy atom. The fourth-order valence-electron chi connectivity index (χ4n) is 3.78. The fourth-order valence-corrected chi connectivity index (χ4v) is 3.78. The van der Waals surface area contributed by atoms with Crippen molar-refractivity contribution in [1.29, 1.82) is 0 Å². The average Bonchev–Trinajstić information content (AvgIpc) is 3.40. The number of rotatable bonds is 7. The van der Waals surface area contributed by atoms with Crippen LogP contribution in [-0.4, -0.2) is 51.1 Å². The molecular formula is C23H28N6O3. The molecule has 2 aromatic heterocycles. The topological polar surface area (TPSA) is 103 Å². The van der Waals surface area contributed by atoms with Crippen LogP contribution in [-0.2, 0) is 16.1 Å². The summed E-state index contributed by atoms with van der Waals surface area (Å²) in [6.07, 6.45) is 4.87. The number of ether oxygens (including phenoxy) is 1. The smallest absolute Gasteiger partial charge is 0.251 e. The van der Waals surface area contributed by atoms with Gasteiger partial charge in [0.25, 0.3) is 5.91 Å². The summed E-state index contributed by atoms with van der Waals surface area (Å²) in [5.41, 5.74) is 4.06. The molecule has 3 heterocycles. The van der Waals surface area contributed by atoms with Gasteiger partial charge in [-0.3, -0.25) is 14.3 Å². The molecule has 1 saturated heterocycles. The van der Waals surface area contributed by atoms with Crippen LogP contribution in [0.5, 0.6) is 0 Å². The highest BCUT2D eigenvalue weighted by molar-refractivity contribution is 5.94. The lowest BCUT2D eigenvalue weighted by molar-refractivity contribution is -0.122. The van der Waals surface area contributed by atoms with E-state index in [1.54, 1.807) is 29.2 Å². The Morgan fingerprint density at radius 2 is 1.91 bits per heavy atom. The number of anilines is 1. The van der Waals surface area contributed by atoms with Gasteiger partial charge in [0.1, 0.15) is 0 Å². The summed E-state index contributed by atoms with van der Waals surface area (Å²) in [5.74, 6) is -0.158.